The van der Waals surface area contributed by atoms with E-state index in [0.717, 1.165) is 38.7 Å². The van der Waals surface area contributed by atoms with Crippen LogP contribution in [0.4, 0.5) is 5.69 Å². The quantitative estimate of drug-likeness (QED) is 0.420. The zero-order chi connectivity index (χ0) is 21.3. The van der Waals surface area contributed by atoms with Gasteiger partial charge in [0.2, 0.25) is 0 Å². The van der Waals surface area contributed by atoms with E-state index >= 15 is 0 Å². The third kappa shape index (κ3) is 4.32. The van der Waals surface area contributed by atoms with Crippen molar-refractivity contribution in [1.82, 2.24) is 9.88 Å². The summed E-state index contributed by atoms with van der Waals surface area (Å²) >= 11 is 2.20. The lowest BCUT2D eigenvalue weighted by Crippen LogP contribution is -2.32. The molecule has 1 aromatic heterocycles. The fourth-order valence-corrected chi connectivity index (χ4v) is 3.97. The van der Waals surface area contributed by atoms with E-state index < -0.39 is 12.1 Å². The van der Waals surface area contributed by atoms with Gasteiger partial charge in [0.25, 0.3) is 5.91 Å². The Hall–Kier alpha value is -2.52. The summed E-state index contributed by atoms with van der Waals surface area (Å²) in [5.41, 5.74) is 3.75. The number of anilines is 1. The number of benzene rings is 2. The number of amides is 1. The van der Waals surface area contributed by atoms with E-state index in [2.05, 4.69) is 32.8 Å². The summed E-state index contributed by atoms with van der Waals surface area (Å²) in [4.78, 5) is 32.7. The van der Waals surface area contributed by atoms with Gasteiger partial charge in [-0.05, 0) is 66.9 Å². The van der Waals surface area contributed by atoms with Crippen LogP contribution in [0.1, 0.15) is 28.5 Å². The minimum atomic E-state index is -0.930. The van der Waals surface area contributed by atoms with E-state index in [1.54, 1.807) is 6.92 Å². The van der Waals surface area contributed by atoms with E-state index in [-0.39, 0.29) is 5.91 Å². The van der Waals surface area contributed by atoms with Crippen molar-refractivity contribution in [3.05, 3.63) is 68.9 Å². The van der Waals surface area contributed by atoms with Crippen LogP contribution in [0.2, 0.25) is 0 Å². The monoisotopic (exact) mass is 515 g/mol. The van der Waals surface area contributed by atoms with Crippen molar-refractivity contribution >= 4 is 51.1 Å². The minimum Gasteiger partial charge on any atom is -0.449 e. The number of rotatable bonds is 4. The minimum absolute atomic E-state index is 0.367. The molecule has 2 aromatic carbocycles. The molecule has 4 rings (SSSR count). The van der Waals surface area contributed by atoms with Crippen LogP contribution in [0.3, 0.4) is 0 Å². The highest BCUT2D eigenvalue weighted by atomic mass is 127. The summed E-state index contributed by atoms with van der Waals surface area (Å²) in [5.74, 6) is -0.862. The molecule has 0 saturated carbocycles. The Labute approximate surface area is 188 Å². The number of nitrogens with zero attached hydrogens (tertiary/aromatic N) is 2. The van der Waals surface area contributed by atoms with Crippen LogP contribution < -0.4 is 5.32 Å². The van der Waals surface area contributed by atoms with Crippen LogP contribution in [-0.2, 0) is 22.5 Å². The summed E-state index contributed by atoms with van der Waals surface area (Å²) in [7, 11) is 2.02. The number of carbonyl (C=O) groups is 2. The van der Waals surface area contributed by atoms with Gasteiger partial charge in [-0.25, -0.2) is 4.79 Å². The lowest BCUT2D eigenvalue weighted by Gasteiger charge is -2.27. The highest BCUT2D eigenvalue weighted by Crippen LogP contribution is 2.28. The maximum atomic E-state index is 13.2. The Morgan fingerprint density at radius 1 is 1.17 bits per heavy atom. The average Bonchev–Trinajstić information content (AvgIpc) is 2.73. The molecule has 0 fully saturated rings. The molecule has 0 spiro atoms. The number of fused-ring (bicyclic) bond motifs is 2. The van der Waals surface area contributed by atoms with Gasteiger partial charge in [0.05, 0.1) is 11.1 Å². The lowest BCUT2D eigenvalue weighted by atomic mass is 9.96. The number of nitrogens with one attached hydrogen (secondary N) is 1. The van der Waals surface area contributed by atoms with Crippen LogP contribution in [0.15, 0.2) is 48.5 Å². The van der Waals surface area contributed by atoms with Crippen molar-refractivity contribution in [2.45, 2.75) is 26.0 Å². The molecule has 1 N–H and O–H groups in total. The van der Waals surface area contributed by atoms with Crippen molar-refractivity contribution < 1.29 is 14.3 Å². The van der Waals surface area contributed by atoms with Crippen molar-refractivity contribution in [2.24, 2.45) is 0 Å². The number of esters is 1. The maximum absolute atomic E-state index is 13.2. The van der Waals surface area contributed by atoms with E-state index in [4.69, 9.17) is 9.72 Å². The van der Waals surface area contributed by atoms with Gasteiger partial charge < -0.3 is 15.0 Å². The topological polar surface area (TPSA) is 71.5 Å². The van der Waals surface area contributed by atoms with Crippen molar-refractivity contribution in [1.29, 1.82) is 0 Å². The number of hydrogen-bond acceptors (Lipinski definition) is 5. The van der Waals surface area contributed by atoms with Gasteiger partial charge in [0.1, 0.15) is 0 Å². The average molecular weight is 515 g/mol. The smallest absolute Gasteiger partial charge is 0.339 e. The summed E-state index contributed by atoms with van der Waals surface area (Å²) in [6.07, 6.45) is -0.152. The van der Waals surface area contributed by atoms with Gasteiger partial charge in [0.15, 0.2) is 6.10 Å². The number of para-hydroxylation sites is 1. The van der Waals surface area contributed by atoms with E-state index in [9.17, 15) is 9.59 Å². The first-order chi connectivity index (χ1) is 14.4. The summed E-state index contributed by atoms with van der Waals surface area (Å²) in [5, 5.41) is 3.54. The molecule has 1 amide bonds. The van der Waals surface area contributed by atoms with Crippen LogP contribution >= 0.6 is 22.6 Å². The molecule has 6 nitrogen and oxygen atoms in total. The van der Waals surface area contributed by atoms with Crippen LogP contribution in [-0.4, -0.2) is 41.5 Å². The first-order valence-corrected chi connectivity index (χ1v) is 10.9. The van der Waals surface area contributed by atoms with Gasteiger partial charge in [0, 0.05) is 45.4 Å². The van der Waals surface area contributed by atoms with E-state index in [0.29, 0.717) is 17.8 Å². The number of pyridine rings is 1. The van der Waals surface area contributed by atoms with E-state index in [1.807, 2.05) is 55.6 Å². The molecule has 0 bridgehead atoms. The van der Waals surface area contributed by atoms with Gasteiger partial charge >= 0.3 is 5.97 Å². The van der Waals surface area contributed by atoms with Crippen molar-refractivity contribution in [3.63, 3.8) is 0 Å². The fourth-order valence-electron chi connectivity index (χ4n) is 3.61. The van der Waals surface area contributed by atoms with Crippen LogP contribution in [0.25, 0.3) is 10.9 Å². The van der Waals surface area contributed by atoms with Gasteiger partial charge in [-0.2, -0.15) is 0 Å². The molecule has 3 aromatic rings. The molecule has 30 heavy (non-hydrogen) atoms. The highest BCUT2D eigenvalue weighted by Gasteiger charge is 2.27. The molecular formula is C23H22IN3O3. The predicted molar refractivity (Wildman–Crippen MR) is 124 cm³/mol. The summed E-state index contributed by atoms with van der Waals surface area (Å²) in [6, 6.07) is 15.0. The SMILES string of the molecule is CC(OC(=O)c1c2c(nc3ccccc13)CCN(C)C2)C(=O)Nc1ccc(I)cc1. The molecule has 0 saturated heterocycles. The molecule has 0 aliphatic carbocycles. The normalized spacial score (nSPS) is 14.8. The zero-order valence-corrected chi connectivity index (χ0v) is 19.0. The second-order valence-electron chi connectivity index (χ2n) is 7.46. The van der Waals surface area contributed by atoms with Crippen molar-refractivity contribution in [2.75, 3.05) is 18.9 Å². The first-order valence-electron chi connectivity index (χ1n) is 9.79. The lowest BCUT2D eigenvalue weighted by molar-refractivity contribution is -0.123. The Balaban J connectivity index is 1.60. The van der Waals surface area contributed by atoms with Crippen LogP contribution in [0, 0.1) is 3.57 Å². The Kier molecular flexibility index (Phi) is 6.01. The molecule has 1 aliphatic rings. The molecule has 7 heteroatoms. The van der Waals surface area contributed by atoms with Gasteiger partial charge in [-0.15, -0.1) is 0 Å². The second kappa shape index (κ2) is 8.69. The zero-order valence-electron chi connectivity index (χ0n) is 16.8. The Morgan fingerprint density at radius 2 is 1.90 bits per heavy atom. The second-order valence-corrected chi connectivity index (χ2v) is 8.71. The number of aromatic nitrogens is 1. The third-order valence-electron chi connectivity index (χ3n) is 5.21. The summed E-state index contributed by atoms with van der Waals surface area (Å²) < 4.78 is 6.68. The number of hydrogen-bond donors (Lipinski definition) is 1. The van der Waals surface area contributed by atoms with Crippen LogP contribution in [0.5, 0.6) is 0 Å². The number of likely N-dealkylation sites (N-methyl/N-ethyl adjacent to an activating group) is 1. The standard InChI is InChI=1S/C23H22IN3O3/c1-14(22(28)25-16-9-7-15(24)8-10-16)30-23(29)21-17-5-3-4-6-19(17)26-20-11-12-27(2)13-18(20)21/h3-10,14H,11-13H2,1-2H3,(H,25,28). The predicted octanol–water partition coefficient (Wildman–Crippen LogP) is 4.01. The largest absolute Gasteiger partial charge is 0.449 e. The first kappa shape index (κ1) is 20.7. The highest BCUT2D eigenvalue weighted by molar-refractivity contribution is 14.1. The third-order valence-corrected chi connectivity index (χ3v) is 5.93. The maximum Gasteiger partial charge on any atom is 0.339 e. The molecule has 1 unspecified atom stereocenters. The van der Waals surface area contributed by atoms with Crippen molar-refractivity contribution in [3.8, 4) is 0 Å². The molecule has 1 aliphatic heterocycles. The molecule has 154 valence electrons. The number of ether oxygens (including phenoxy) is 1. The summed E-state index contributed by atoms with van der Waals surface area (Å²) in [6.45, 7) is 3.10. The number of carbonyl (C=O) groups excluding carboxylic acids is 2. The molecule has 2 heterocycles. The molecular weight excluding hydrogens is 493 g/mol. The molecule has 1 atom stereocenters. The van der Waals surface area contributed by atoms with Gasteiger partial charge in [-0.3, -0.25) is 9.78 Å². The molecule has 0 radical (unpaired) electrons. The van der Waals surface area contributed by atoms with E-state index in [1.165, 1.54) is 0 Å². The Morgan fingerprint density at radius 3 is 2.67 bits per heavy atom. The number of halogens is 1. The van der Waals surface area contributed by atoms with Gasteiger partial charge in [-0.1, -0.05) is 18.2 Å². The fraction of sp³-hybridized carbons (Fsp3) is 0.261. The Bertz CT molecular complexity index is 1110.